The van der Waals surface area contributed by atoms with Gasteiger partial charge in [0.1, 0.15) is 8.96 Å². The van der Waals surface area contributed by atoms with E-state index >= 15 is 0 Å². The van der Waals surface area contributed by atoms with Crippen molar-refractivity contribution in [3.63, 3.8) is 0 Å². The molecule has 0 bridgehead atoms. The second-order valence-electron chi connectivity index (χ2n) is 1.79. The number of halogens is 2. The van der Waals surface area contributed by atoms with Gasteiger partial charge in [-0.1, -0.05) is 0 Å². The molecule has 0 aliphatic carbocycles. The summed E-state index contributed by atoms with van der Waals surface area (Å²) in [6, 6.07) is 0. The van der Waals surface area contributed by atoms with Crippen LogP contribution in [-0.4, -0.2) is 23.5 Å². The van der Waals surface area contributed by atoms with Gasteiger partial charge >= 0.3 is 5.97 Å². The molecule has 0 aromatic rings. The van der Waals surface area contributed by atoms with E-state index in [2.05, 4.69) is 37.2 Å². The number of likely N-dealkylation sites (N-methyl/N-ethyl adjacent to an activating group) is 1. The molecule has 0 heterocycles. The summed E-state index contributed by atoms with van der Waals surface area (Å²) in [4.78, 5) is 21.3. The minimum Gasteiger partial charge on any atom is -0.477 e. The molecule has 0 unspecified atom stereocenters. The summed E-state index contributed by atoms with van der Waals surface area (Å²) in [7, 11) is 0. The predicted octanol–water partition coefficient (Wildman–Crippen LogP) is 1.21. The molecule has 0 atom stereocenters. The van der Waals surface area contributed by atoms with E-state index < -0.39 is 11.9 Å². The monoisotopic (exact) mass is 299 g/mol. The molecule has 0 aromatic carbocycles. The van der Waals surface area contributed by atoms with Gasteiger partial charge in [0.05, 0.1) is 0 Å². The van der Waals surface area contributed by atoms with Crippen LogP contribution in [0.2, 0.25) is 0 Å². The largest absolute Gasteiger partial charge is 0.477 e. The van der Waals surface area contributed by atoms with E-state index in [1.165, 1.54) is 0 Å². The molecule has 12 heavy (non-hydrogen) atoms. The number of aliphatic carboxylic acids is 1. The SMILES string of the molecule is CCNC(=O)C(Br)=C(Br)C(=O)O. The van der Waals surface area contributed by atoms with E-state index in [1.807, 2.05) is 0 Å². The van der Waals surface area contributed by atoms with Gasteiger partial charge in [0.25, 0.3) is 5.91 Å². The number of nitrogens with one attached hydrogen (secondary N) is 1. The Morgan fingerprint density at radius 1 is 1.33 bits per heavy atom. The van der Waals surface area contributed by atoms with Gasteiger partial charge in [-0.2, -0.15) is 0 Å². The lowest BCUT2D eigenvalue weighted by Crippen LogP contribution is -2.23. The smallest absolute Gasteiger partial charge is 0.344 e. The summed E-state index contributed by atoms with van der Waals surface area (Å²) in [6.45, 7) is 2.20. The van der Waals surface area contributed by atoms with Crippen molar-refractivity contribution in [1.82, 2.24) is 5.32 Å². The Morgan fingerprint density at radius 3 is 2.17 bits per heavy atom. The van der Waals surface area contributed by atoms with E-state index in [4.69, 9.17) is 5.11 Å². The summed E-state index contributed by atoms with van der Waals surface area (Å²) in [5, 5.41) is 10.9. The highest BCUT2D eigenvalue weighted by molar-refractivity contribution is 9.14. The first-order chi connectivity index (χ1) is 5.50. The number of carboxylic acids is 1. The molecule has 0 rings (SSSR count). The van der Waals surface area contributed by atoms with E-state index in [0.29, 0.717) is 6.54 Å². The van der Waals surface area contributed by atoms with Crippen molar-refractivity contribution in [2.45, 2.75) is 6.92 Å². The average molecular weight is 301 g/mol. The van der Waals surface area contributed by atoms with E-state index in [1.54, 1.807) is 6.92 Å². The van der Waals surface area contributed by atoms with E-state index in [9.17, 15) is 9.59 Å². The molecule has 0 aliphatic rings. The van der Waals surface area contributed by atoms with Crippen molar-refractivity contribution < 1.29 is 14.7 Å². The van der Waals surface area contributed by atoms with E-state index in [-0.39, 0.29) is 8.96 Å². The van der Waals surface area contributed by atoms with Gasteiger partial charge in [0.15, 0.2) is 0 Å². The normalized spacial score (nSPS) is 11.9. The molecule has 0 saturated heterocycles. The zero-order chi connectivity index (χ0) is 9.72. The first-order valence-electron chi connectivity index (χ1n) is 3.07. The van der Waals surface area contributed by atoms with Crippen LogP contribution >= 0.6 is 31.9 Å². The second kappa shape index (κ2) is 5.31. The zero-order valence-electron chi connectivity index (χ0n) is 6.23. The maximum atomic E-state index is 11.0. The zero-order valence-corrected chi connectivity index (χ0v) is 9.40. The number of carbonyl (C=O) groups is 2. The third kappa shape index (κ3) is 3.36. The molecule has 0 fully saturated rings. The van der Waals surface area contributed by atoms with Gasteiger partial charge in [-0.15, -0.1) is 0 Å². The summed E-state index contributed by atoms with van der Waals surface area (Å²) < 4.78 is -0.203. The van der Waals surface area contributed by atoms with E-state index in [0.717, 1.165) is 0 Å². The van der Waals surface area contributed by atoms with Crippen molar-refractivity contribution in [2.75, 3.05) is 6.54 Å². The highest BCUT2D eigenvalue weighted by atomic mass is 79.9. The predicted molar refractivity (Wildman–Crippen MR) is 51.2 cm³/mol. The Balaban J connectivity index is 4.55. The van der Waals surface area contributed by atoms with Gasteiger partial charge in [-0.25, -0.2) is 4.79 Å². The van der Waals surface area contributed by atoms with Crippen LogP contribution < -0.4 is 5.32 Å². The third-order valence-electron chi connectivity index (χ3n) is 0.917. The minimum absolute atomic E-state index is 0.0168. The lowest BCUT2D eigenvalue weighted by Gasteiger charge is -2.00. The summed E-state index contributed by atoms with van der Waals surface area (Å²) in [5.74, 6) is -1.64. The molecule has 1 amide bonds. The molecule has 2 N–H and O–H groups in total. The van der Waals surface area contributed by atoms with Crippen molar-refractivity contribution >= 4 is 43.7 Å². The number of hydrogen-bond donors (Lipinski definition) is 2. The first kappa shape index (κ1) is 11.6. The average Bonchev–Trinajstić information content (AvgIpc) is 2.02. The Morgan fingerprint density at radius 2 is 1.83 bits per heavy atom. The first-order valence-corrected chi connectivity index (χ1v) is 4.66. The minimum atomic E-state index is -1.19. The maximum Gasteiger partial charge on any atom is 0.344 e. The fourth-order valence-electron chi connectivity index (χ4n) is 0.432. The van der Waals surface area contributed by atoms with Gasteiger partial charge in [0, 0.05) is 6.54 Å². The number of amides is 1. The molecule has 4 nitrogen and oxygen atoms in total. The lowest BCUT2D eigenvalue weighted by molar-refractivity contribution is -0.132. The van der Waals surface area contributed by atoms with Crippen molar-refractivity contribution in [3.05, 3.63) is 8.96 Å². The van der Waals surface area contributed by atoms with Crippen LogP contribution in [-0.2, 0) is 9.59 Å². The summed E-state index contributed by atoms with van der Waals surface area (Å²) in [5.41, 5.74) is 0. The van der Waals surface area contributed by atoms with Crippen LogP contribution in [0.15, 0.2) is 8.96 Å². The fourth-order valence-corrected chi connectivity index (χ4v) is 0.922. The van der Waals surface area contributed by atoms with Gasteiger partial charge < -0.3 is 10.4 Å². The van der Waals surface area contributed by atoms with Crippen LogP contribution in [0, 0.1) is 0 Å². The molecule has 6 heteroatoms. The van der Waals surface area contributed by atoms with Crippen LogP contribution in [0.3, 0.4) is 0 Å². The molecule has 0 radical (unpaired) electrons. The van der Waals surface area contributed by atoms with Gasteiger partial charge in [-0.3, -0.25) is 4.79 Å². The highest BCUT2D eigenvalue weighted by Crippen LogP contribution is 2.17. The summed E-state index contributed by atoms with van der Waals surface area (Å²) in [6.07, 6.45) is 0. The Bertz CT molecular complexity index is 237. The van der Waals surface area contributed by atoms with Crippen molar-refractivity contribution in [1.29, 1.82) is 0 Å². The van der Waals surface area contributed by atoms with Crippen molar-refractivity contribution in [3.8, 4) is 0 Å². The topological polar surface area (TPSA) is 66.4 Å². The molecular weight excluding hydrogens is 294 g/mol. The van der Waals surface area contributed by atoms with Crippen LogP contribution in [0.25, 0.3) is 0 Å². The maximum absolute atomic E-state index is 11.0. The quantitative estimate of drug-likeness (QED) is 0.770. The number of rotatable bonds is 3. The fraction of sp³-hybridized carbons (Fsp3) is 0.333. The number of hydrogen-bond acceptors (Lipinski definition) is 2. The van der Waals surface area contributed by atoms with Crippen LogP contribution in [0.4, 0.5) is 0 Å². The Hall–Kier alpha value is -0.360. The molecule has 0 aliphatic heterocycles. The third-order valence-corrected chi connectivity index (χ3v) is 2.94. The number of carbonyl (C=O) groups excluding carboxylic acids is 1. The van der Waals surface area contributed by atoms with Crippen LogP contribution in [0.1, 0.15) is 6.92 Å². The Kier molecular flexibility index (Phi) is 5.16. The number of carboxylic acid groups (broad SMARTS) is 1. The van der Waals surface area contributed by atoms with Crippen LogP contribution in [0.5, 0.6) is 0 Å². The lowest BCUT2D eigenvalue weighted by atomic mass is 10.4. The van der Waals surface area contributed by atoms with Gasteiger partial charge in [-0.05, 0) is 38.8 Å². The standard InChI is InChI=1S/C6H7Br2NO3/c1-2-9-5(10)3(7)4(8)6(11)12/h2H2,1H3,(H,9,10)(H,11,12). The molecular formula is C6H7Br2NO3. The molecule has 68 valence electrons. The highest BCUT2D eigenvalue weighted by Gasteiger charge is 2.14. The van der Waals surface area contributed by atoms with Crippen molar-refractivity contribution in [2.24, 2.45) is 0 Å². The summed E-state index contributed by atoms with van der Waals surface area (Å²) >= 11 is 5.60. The second-order valence-corrected chi connectivity index (χ2v) is 3.38. The molecule has 0 spiro atoms. The molecule has 0 aromatic heterocycles. The molecule has 0 saturated carbocycles. The van der Waals surface area contributed by atoms with Gasteiger partial charge in [0.2, 0.25) is 0 Å². The Labute approximate surface area is 86.3 Å².